The van der Waals surface area contributed by atoms with Gasteiger partial charge in [-0.2, -0.15) is 0 Å². The number of nitrogens with zero attached hydrogens (tertiary/aromatic N) is 1. The van der Waals surface area contributed by atoms with Crippen LogP contribution in [0.3, 0.4) is 0 Å². The lowest BCUT2D eigenvalue weighted by molar-refractivity contribution is -0.132. The summed E-state index contributed by atoms with van der Waals surface area (Å²) in [6.45, 7) is 6.82. The number of rotatable bonds is 2. The van der Waals surface area contributed by atoms with Crippen LogP contribution in [0.2, 0.25) is 0 Å². The molecule has 1 aromatic rings. The molecule has 1 fully saturated rings. The molecule has 0 aliphatic carbocycles. The van der Waals surface area contributed by atoms with E-state index in [0.29, 0.717) is 5.92 Å². The van der Waals surface area contributed by atoms with Crippen LogP contribution < -0.4 is 0 Å². The minimum absolute atomic E-state index is 0.0224. The van der Waals surface area contributed by atoms with Gasteiger partial charge in [-0.3, -0.25) is 4.79 Å². The Morgan fingerprint density at radius 2 is 2.00 bits per heavy atom. The van der Waals surface area contributed by atoms with Gasteiger partial charge < -0.3 is 4.90 Å². The molecule has 2 nitrogen and oxygen atoms in total. The van der Waals surface area contributed by atoms with Gasteiger partial charge in [0, 0.05) is 12.1 Å². The van der Waals surface area contributed by atoms with Gasteiger partial charge in [-0.05, 0) is 43.9 Å². The zero-order valence-corrected chi connectivity index (χ0v) is 11.7. The molecule has 0 radical (unpaired) electrons. The first kappa shape index (κ1) is 13.8. The van der Waals surface area contributed by atoms with Gasteiger partial charge in [0.15, 0.2) is 0 Å². The Morgan fingerprint density at radius 1 is 1.37 bits per heavy atom. The molecule has 1 saturated heterocycles. The van der Waals surface area contributed by atoms with Crippen LogP contribution in [-0.4, -0.2) is 17.4 Å². The second-order valence-corrected chi connectivity index (χ2v) is 5.31. The van der Waals surface area contributed by atoms with Crippen LogP contribution in [-0.2, 0) is 4.79 Å². The van der Waals surface area contributed by atoms with E-state index in [1.807, 2.05) is 24.8 Å². The molecule has 102 valence electrons. The molecule has 0 bridgehead atoms. The first-order valence-corrected chi connectivity index (χ1v) is 6.74. The number of allylic oxidation sites excluding steroid dienone is 1. The Morgan fingerprint density at radius 3 is 2.58 bits per heavy atom. The van der Waals surface area contributed by atoms with E-state index < -0.39 is 0 Å². The van der Waals surface area contributed by atoms with Gasteiger partial charge in [0.1, 0.15) is 5.82 Å². The molecule has 1 aromatic carbocycles. The second kappa shape index (κ2) is 5.55. The Labute approximate surface area is 113 Å². The summed E-state index contributed by atoms with van der Waals surface area (Å²) in [6.07, 6.45) is 2.75. The van der Waals surface area contributed by atoms with Crippen molar-refractivity contribution in [3.05, 3.63) is 47.3 Å². The Bertz CT molecular complexity index is 492. The summed E-state index contributed by atoms with van der Waals surface area (Å²) in [5.41, 5.74) is 1.85. The first-order valence-electron chi connectivity index (χ1n) is 6.74. The highest BCUT2D eigenvalue weighted by molar-refractivity contribution is 5.94. The van der Waals surface area contributed by atoms with E-state index in [1.165, 1.54) is 12.1 Å². The van der Waals surface area contributed by atoms with Gasteiger partial charge >= 0.3 is 0 Å². The van der Waals surface area contributed by atoms with E-state index in [4.69, 9.17) is 0 Å². The summed E-state index contributed by atoms with van der Waals surface area (Å²) in [5, 5.41) is 0. The average molecular weight is 261 g/mol. The van der Waals surface area contributed by atoms with E-state index in [0.717, 1.165) is 24.1 Å². The molecule has 1 heterocycles. The van der Waals surface area contributed by atoms with Gasteiger partial charge in [0.25, 0.3) is 0 Å². The summed E-state index contributed by atoms with van der Waals surface area (Å²) in [4.78, 5) is 14.3. The summed E-state index contributed by atoms with van der Waals surface area (Å²) in [5.74, 6) is 0.327. The number of carbonyl (C=O) groups excluding carboxylic acids is 1. The average Bonchev–Trinajstić information content (AvgIpc) is 2.41. The molecule has 2 rings (SSSR count). The SMILES string of the molecule is CC=C1C[C@H](C)CN([C@@H](C)c2ccc(F)cc2)C1=O. The molecule has 19 heavy (non-hydrogen) atoms. The van der Waals surface area contributed by atoms with Crippen molar-refractivity contribution < 1.29 is 9.18 Å². The minimum Gasteiger partial charge on any atom is -0.332 e. The van der Waals surface area contributed by atoms with Crippen LogP contribution in [0.15, 0.2) is 35.9 Å². The third-order valence-corrected chi connectivity index (χ3v) is 3.78. The normalized spacial score (nSPS) is 23.8. The summed E-state index contributed by atoms with van der Waals surface area (Å²) >= 11 is 0. The third kappa shape index (κ3) is 2.86. The number of likely N-dealkylation sites (tertiary alicyclic amines) is 1. The highest BCUT2D eigenvalue weighted by Crippen LogP contribution is 2.30. The van der Waals surface area contributed by atoms with Crippen molar-refractivity contribution in [3.8, 4) is 0 Å². The van der Waals surface area contributed by atoms with Crippen LogP contribution >= 0.6 is 0 Å². The number of carbonyl (C=O) groups is 1. The summed E-state index contributed by atoms with van der Waals surface area (Å²) < 4.78 is 13.0. The third-order valence-electron chi connectivity index (χ3n) is 3.78. The molecule has 0 spiro atoms. The lowest BCUT2D eigenvalue weighted by atomic mass is 9.92. The number of benzene rings is 1. The van der Waals surface area contributed by atoms with Crippen LogP contribution in [0.5, 0.6) is 0 Å². The Balaban J connectivity index is 2.24. The van der Waals surface area contributed by atoms with Crippen molar-refractivity contribution in [2.75, 3.05) is 6.54 Å². The Kier molecular flexibility index (Phi) is 4.03. The van der Waals surface area contributed by atoms with Crippen LogP contribution in [0.1, 0.15) is 38.8 Å². The summed E-state index contributed by atoms with van der Waals surface area (Å²) in [6, 6.07) is 6.37. The van der Waals surface area contributed by atoms with Crippen LogP contribution in [0.4, 0.5) is 4.39 Å². The molecule has 3 heteroatoms. The van der Waals surface area contributed by atoms with Gasteiger partial charge in [0.2, 0.25) is 5.91 Å². The topological polar surface area (TPSA) is 20.3 Å². The monoisotopic (exact) mass is 261 g/mol. The number of amides is 1. The molecule has 0 N–H and O–H groups in total. The molecule has 0 saturated carbocycles. The maximum Gasteiger partial charge on any atom is 0.249 e. The highest BCUT2D eigenvalue weighted by atomic mass is 19.1. The summed E-state index contributed by atoms with van der Waals surface area (Å²) in [7, 11) is 0. The predicted molar refractivity (Wildman–Crippen MR) is 74.1 cm³/mol. The maximum atomic E-state index is 13.0. The zero-order chi connectivity index (χ0) is 14.0. The van der Waals surface area contributed by atoms with E-state index >= 15 is 0 Å². The van der Waals surface area contributed by atoms with E-state index in [9.17, 15) is 9.18 Å². The maximum absolute atomic E-state index is 13.0. The van der Waals surface area contributed by atoms with E-state index in [1.54, 1.807) is 12.1 Å². The van der Waals surface area contributed by atoms with E-state index in [2.05, 4.69) is 6.92 Å². The lowest BCUT2D eigenvalue weighted by Gasteiger charge is -2.37. The highest BCUT2D eigenvalue weighted by Gasteiger charge is 2.30. The standard InChI is InChI=1S/C16H20FNO/c1-4-13-9-11(2)10-18(16(13)19)12(3)14-5-7-15(17)8-6-14/h4-8,11-12H,9-10H2,1-3H3/t11-,12-/m0/s1. The number of halogens is 1. The van der Waals surface area contributed by atoms with Gasteiger partial charge in [-0.1, -0.05) is 25.1 Å². The van der Waals surface area contributed by atoms with Gasteiger partial charge in [0.05, 0.1) is 6.04 Å². The van der Waals surface area contributed by atoms with Crippen molar-refractivity contribution >= 4 is 5.91 Å². The number of piperidine rings is 1. The van der Waals surface area contributed by atoms with Crippen molar-refractivity contribution in [3.63, 3.8) is 0 Å². The molecular weight excluding hydrogens is 241 g/mol. The van der Waals surface area contributed by atoms with Crippen molar-refractivity contribution in [1.82, 2.24) is 4.90 Å². The van der Waals surface area contributed by atoms with E-state index in [-0.39, 0.29) is 17.8 Å². The molecular formula is C16H20FNO. The largest absolute Gasteiger partial charge is 0.332 e. The fraction of sp³-hybridized carbons (Fsp3) is 0.438. The predicted octanol–water partition coefficient (Wildman–Crippen LogP) is 3.70. The molecule has 1 amide bonds. The molecule has 1 aliphatic heterocycles. The fourth-order valence-electron chi connectivity index (χ4n) is 2.63. The van der Waals surface area contributed by atoms with Crippen molar-refractivity contribution in [1.29, 1.82) is 0 Å². The van der Waals surface area contributed by atoms with Crippen LogP contribution in [0, 0.1) is 11.7 Å². The second-order valence-electron chi connectivity index (χ2n) is 5.31. The first-order chi connectivity index (χ1) is 9.02. The van der Waals surface area contributed by atoms with Gasteiger partial charge in [-0.25, -0.2) is 4.39 Å². The zero-order valence-electron chi connectivity index (χ0n) is 11.7. The van der Waals surface area contributed by atoms with Crippen LogP contribution in [0.25, 0.3) is 0 Å². The lowest BCUT2D eigenvalue weighted by Crippen LogP contribution is -2.42. The quantitative estimate of drug-likeness (QED) is 0.743. The Hall–Kier alpha value is -1.64. The number of hydrogen-bond donors (Lipinski definition) is 0. The molecule has 1 aliphatic rings. The smallest absolute Gasteiger partial charge is 0.249 e. The molecule has 2 atom stereocenters. The minimum atomic E-state index is -0.247. The fourth-order valence-corrected chi connectivity index (χ4v) is 2.63. The number of hydrogen-bond acceptors (Lipinski definition) is 1. The molecule has 0 unspecified atom stereocenters. The molecule has 0 aromatic heterocycles. The van der Waals surface area contributed by atoms with Gasteiger partial charge in [-0.15, -0.1) is 0 Å². The van der Waals surface area contributed by atoms with Crippen molar-refractivity contribution in [2.45, 2.75) is 33.2 Å². The van der Waals surface area contributed by atoms with Crippen molar-refractivity contribution in [2.24, 2.45) is 5.92 Å².